The molecule has 0 unspecified atom stereocenters. The summed E-state index contributed by atoms with van der Waals surface area (Å²) in [6.45, 7) is 1.13. The van der Waals surface area contributed by atoms with Gasteiger partial charge in [0.05, 0.1) is 7.11 Å². The van der Waals surface area contributed by atoms with Crippen LogP contribution in [0.4, 0.5) is 5.69 Å². The van der Waals surface area contributed by atoms with Crippen molar-refractivity contribution < 1.29 is 19.1 Å². The molecule has 1 N–H and O–H groups in total. The maximum atomic E-state index is 12.4. The maximum absolute atomic E-state index is 12.4. The Bertz CT molecular complexity index is 754. The van der Waals surface area contributed by atoms with E-state index in [0.717, 1.165) is 11.4 Å². The highest BCUT2D eigenvalue weighted by Crippen LogP contribution is 2.20. The molecule has 2 aromatic rings. The number of piperidine rings is 1. The number of nitrogens with zero attached hydrogens (tertiary/aromatic N) is 1. The van der Waals surface area contributed by atoms with Gasteiger partial charge in [-0.1, -0.05) is 18.2 Å². The second-order valence-corrected chi connectivity index (χ2v) is 6.47. The minimum Gasteiger partial charge on any atom is -0.497 e. The Labute approximate surface area is 159 Å². The van der Waals surface area contributed by atoms with Crippen LogP contribution in [-0.2, 0) is 9.59 Å². The number of amides is 2. The Kier molecular flexibility index (Phi) is 6.30. The molecule has 1 saturated heterocycles. The Hall–Kier alpha value is -3.02. The minimum absolute atomic E-state index is 0.00674. The van der Waals surface area contributed by atoms with Crippen molar-refractivity contribution in [2.75, 3.05) is 32.1 Å². The molecule has 1 aliphatic rings. The highest BCUT2D eigenvalue weighted by atomic mass is 16.5. The van der Waals surface area contributed by atoms with Gasteiger partial charge in [-0.15, -0.1) is 0 Å². The first-order chi connectivity index (χ1) is 13.2. The summed E-state index contributed by atoms with van der Waals surface area (Å²) in [6.07, 6.45) is 1.32. The molecule has 6 heteroatoms. The number of anilines is 1. The van der Waals surface area contributed by atoms with Crippen LogP contribution >= 0.6 is 0 Å². The van der Waals surface area contributed by atoms with Crippen LogP contribution in [0.3, 0.4) is 0 Å². The van der Waals surface area contributed by atoms with Crippen molar-refractivity contribution in [1.82, 2.24) is 4.90 Å². The van der Waals surface area contributed by atoms with Crippen molar-refractivity contribution in [3.8, 4) is 11.5 Å². The quantitative estimate of drug-likeness (QED) is 0.851. The van der Waals surface area contributed by atoms with Crippen molar-refractivity contribution in [2.45, 2.75) is 12.8 Å². The van der Waals surface area contributed by atoms with Gasteiger partial charge in [0, 0.05) is 24.7 Å². The van der Waals surface area contributed by atoms with E-state index in [4.69, 9.17) is 9.47 Å². The van der Waals surface area contributed by atoms with Gasteiger partial charge in [0.1, 0.15) is 11.5 Å². The number of rotatable bonds is 6. The molecule has 0 aliphatic carbocycles. The van der Waals surface area contributed by atoms with Crippen LogP contribution in [0, 0.1) is 5.92 Å². The van der Waals surface area contributed by atoms with Crippen LogP contribution < -0.4 is 14.8 Å². The number of nitrogens with one attached hydrogen (secondary N) is 1. The fourth-order valence-corrected chi connectivity index (χ4v) is 3.07. The van der Waals surface area contributed by atoms with Gasteiger partial charge in [-0.05, 0) is 49.2 Å². The van der Waals surface area contributed by atoms with E-state index in [9.17, 15) is 9.59 Å². The van der Waals surface area contributed by atoms with Gasteiger partial charge < -0.3 is 19.7 Å². The highest BCUT2D eigenvalue weighted by molar-refractivity contribution is 5.92. The van der Waals surface area contributed by atoms with Gasteiger partial charge >= 0.3 is 0 Å². The third-order valence-electron chi connectivity index (χ3n) is 4.68. The topological polar surface area (TPSA) is 67.9 Å². The standard InChI is InChI=1S/C21H24N2O4/c1-26-18-7-9-19(10-8-18)27-15-20(24)23-13-11-16(12-14-23)21(25)22-17-5-3-2-4-6-17/h2-10,16H,11-15H2,1H3,(H,22,25). The smallest absolute Gasteiger partial charge is 0.260 e. The zero-order valence-corrected chi connectivity index (χ0v) is 15.4. The molecule has 2 aromatic carbocycles. The number of ether oxygens (including phenoxy) is 2. The van der Waals surface area contributed by atoms with E-state index < -0.39 is 0 Å². The number of carbonyl (C=O) groups is 2. The lowest BCUT2D eigenvalue weighted by Gasteiger charge is -2.31. The average molecular weight is 368 g/mol. The van der Waals surface area contributed by atoms with Gasteiger partial charge in [0.25, 0.3) is 5.91 Å². The van der Waals surface area contributed by atoms with Gasteiger partial charge in [-0.25, -0.2) is 0 Å². The Morgan fingerprint density at radius 1 is 1.00 bits per heavy atom. The number of hydrogen-bond donors (Lipinski definition) is 1. The summed E-state index contributed by atoms with van der Waals surface area (Å²) in [5.74, 6) is 1.25. The van der Waals surface area contributed by atoms with Crippen LogP contribution in [0.5, 0.6) is 11.5 Å². The number of carbonyl (C=O) groups excluding carboxylic acids is 2. The third-order valence-corrected chi connectivity index (χ3v) is 4.68. The molecule has 1 fully saturated rings. The molecule has 27 heavy (non-hydrogen) atoms. The SMILES string of the molecule is COc1ccc(OCC(=O)N2CCC(C(=O)Nc3ccccc3)CC2)cc1. The third kappa shape index (κ3) is 5.23. The molecule has 3 rings (SSSR count). The molecule has 0 bridgehead atoms. The molecule has 0 aromatic heterocycles. The van der Waals surface area contributed by atoms with E-state index in [2.05, 4.69) is 5.32 Å². The Balaban J connectivity index is 1.42. The molecule has 0 saturated carbocycles. The van der Waals surface area contributed by atoms with Gasteiger partial charge in [-0.3, -0.25) is 9.59 Å². The molecule has 0 atom stereocenters. The van der Waals surface area contributed by atoms with Crippen molar-refractivity contribution in [2.24, 2.45) is 5.92 Å². The summed E-state index contributed by atoms with van der Waals surface area (Å²) in [5, 5.41) is 2.93. The summed E-state index contributed by atoms with van der Waals surface area (Å²) < 4.78 is 10.6. The van der Waals surface area contributed by atoms with Gasteiger partial charge in [0.15, 0.2) is 6.61 Å². The zero-order valence-electron chi connectivity index (χ0n) is 15.4. The van der Waals surface area contributed by atoms with E-state index in [1.807, 2.05) is 30.3 Å². The lowest BCUT2D eigenvalue weighted by Crippen LogP contribution is -2.43. The number of likely N-dealkylation sites (tertiary alicyclic amines) is 1. The molecule has 2 amide bonds. The lowest BCUT2D eigenvalue weighted by atomic mass is 9.95. The first-order valence-electron chi connectivity index (χ1n) is 9.06. The fourth-order valence-electron chi connectivity index (χ4n) is 3.07. The van der Waals surface area contributed by atoms with E-state index in [0.29, 0.717) is 31.7 Å². The number of benzene rings is 2. The molecular formula is C21H24N2O4. The van der Waals surface area contributed by atoms with Crippen LogP contribution in [-0.4, -0.2) is 43.5 Å². The van der Waals surface area contributed by atoms with Gasteiger partial charge in [-0.2, -0.15) is 0 Å². The number of para-hydroxylation sites is 1. The lowest BCUT2D eigenvalue weighted by molar-refractivity contribution is -0.136. The maximum Gasteiger partial charge on any atom is 0.260 e. The van der Waals surface area contributed by atoms with E-state index in [1.54, 1.807) is 36.3 Å². The molecule has 1 heterocycles. The highest BCUT2D eigenvalue weighted by Gasteiger charge is 2.27. The second-order valence-electron chi connectivity index (χ2n) is 6.47. The summed E-state index contributed by atoms with van der Waals surface area (Å²) >= 11 is 0. The second kappa shape index (κ2) is 9.07. The largest absolute Gasteiger partial charge is 0.497 e. The van der Waals surface area contributed by atoms with E-state index in [1.165, 1.54) is 0 Å². The fraction of sp³-hybridized carbons (Fsp3) is 0.333. The van der Waals surface area contributed by atoms with Crippen molar-refractivity contribution in [3.63, 3.8) is 0 Å². The normalized spacial score (nSPS) is 14.5. The van der Waals surface area contributed by atoms with Crippen molar-refractivity contribution >= 4 is 17.5 Å². The Morgan fingerprint density at radius 2 is 1.63 bits per heavy atom. The molecule has 0 radical (unpaired) electrons. The first kappa shape index (κ1) is 18.8. The van der Waals surface area contributed by atoms with Crippen molar-refractivity contribution in [3.05, 3.63) is 54.6 Å². The van der Waals surface area contributed by atoms with Crippen LogP contribution in [0.1, 0.15) is 12.8 Å². The molecule has 142 valence electrons. The van der Waals surface area contributed by atoms with E-state index in [-0.39, 0.29) is 24.3 Å². The summed E-state index contributed by atoms with van der Waals surface area (Å²) in [4.78, 5) is 26.5. The zero-order chi connectivity index (χ0) is 19.1. The van der Waals surface area contributed by atoms with Crippen LogP contribution in [0.25, 0.3) is 0 Å². The summed E-state index contributed by atoms with van der Waals surface area (Å²) in [6, 6.07) is 16.5. The Morgan fingerprint density at radius 3 is 2.26 bits per heavy atom. The van der Waals surface area contributed by atoms with Gasteiger partial charge in [0.2, 0.25) is 5.91 Å². The number of methoxy groups -OCH3 is 1. The molecular weight excluding hydrogens is 344 g/mol. The minimum atomic E-state index is -0.0724. The van der Waals surface area contributed by atoms with Crippen LogP contribution in [0.15, 0.2) is 54.6 Å². The average Bonchev–Trinajstić information content (AvgIpc) is 2.73. The predicted octanol–water partition coefficient (Wildman–Crippen LogP) is 2.95. The van der Waals surface area contributed by atoms with Crippen LogP contribution in [0.2, 0.25) is 0 Å². The summed E-state index contributed by atoms with van der Waals surface area (Å²) in [5.41, 5.74) is 0.800. The number of hydrogen-bond acceptors (Lipinski definition) is 4. The predicted molar refractivity (Wildman–Crippen MR) is 103 cm³/mol. The summed E-state index contributed by atoms with van der Waals surface area (Å²) in [7, 11) is 1.60. The first-order valence-corrected chi connectivity index (χ1v) is 9.06. The monoisotopic (exact) mass is 368 g/mol. The van der Waals surface area contributed by atoms with Crippen molar-refractivity contribution in [1.29, 1.82) is 0 Å². The van der Waals surface area contributed by atoms with E-state index >= 15 is 0 Å². The molecule has 0 spiro atoms. The molecule has 1 aliphatic heterocycles. The molecule has 6 nitrogen and oxygen atoms in total.